The molecule has 1 N–H and O–H groups in total. The Labute approximate surface area is 80.1 Å². The zero-order valence-corrected chi connectivity index (χ0v) is 8.47. The standard InChI is InChI=1S/C10H21FO2/c1-2-3-4-5-6-7-13-9-10(12)8-11/h10,12H,2-9H2,1H3. The summed E-state index contributed by atoms with van der Waals surface area (Å²) in [6.07, 6.45) is 4.99. The van der Waals surface area contributed by atoms with E-state index in [9.17, 15) is 4.39 Å². The normalized spacial score (nSPS) is 13.2. The van der Waals surface area contributed by atoms with Gasteiger partial charge >= 0.3 is 0 Å². The second-order valence-electron chi connectivity index (χ2n) is 3.30. The number of rotatable bonds is 9. The van der Waals surface area contributed by atoms with Crippen LogP contribution in [0.1, 0.15) is 39.0 Å². The number of unbranched alkanes of at least 4 members (excludes halogenated alkanes) is 4. The average molecular weight is 192 g/mol. The minimum absolute atomic E-state index is 0.129. The summed E-state index contributed by atoms with van der Waals surface area (Å²) in [6, 6.07) is 0. The van der Waals surface area contributed by atoms with Crippen molar-refractivity contribution < 1.29 is 14.2 Å². The van der Waals surface area contributed by atoms with Gasteiger partial charge in [-0.2, -0.15) is 0 Å². The Morgan fingerprint density at radius 2 is 1.92 bits per heavy atom. The first-order chi connectivity index (χ1) is 6.31. The Kier molecular flexibility index (Phi) is 9.82. The number of hydrogen-bond acceptors (Lipinski definition) is 2. The fraction of sp³-hybridized carbons (Fsp3) is 1.00. The van der Waals surface area contributed by atoms with E-state index in [0.29, 0.717) is 6.61 Å². The highest BCUT2D eigenvalue weighted by molar-refractivity contribution is 4.49. The van der Waals surface area contributed by atoms with Crippen LogP contribution in [0.5, 0.6) is 0 Å². The van der Waals surface area contributed by atoms with Crippen LogP contribution in [0.2, 0.25) is 0 Å². The lowest BCUT2D eigenvalue weighted by Gasteiger charge is -2.06. The quantitative estimate of drug-likeness (QED) is 0.568. The molecule has 0 saturated carbocycles. The van der Waals surface area contributed by atoms with Crippen LogP contribution < -0.4 is 0 Å². The number of aliphatic hydroxyl groups excluding tert-OH is 1. The maximum atomic E-state index is 11.7. The first-order valence-corrected chi connectivity index (χ1v) is 5.13. The zero-order chi connectivity index (χ0) is 9.94. The molecule has 0 aromatic carbocycles. The van der Waals surface area contributed by atoms with Crippen molar-refractivity contribution in [2.45, 2.75) is 45.1 Å². The van der Waals surface area contributed by atoms with Crippen LogP contribution in [0, 0.1) is 0 Å². The third kappa shape index (κ3) is 9.77. The average Bonchev–Trinajstić information content (AvgIpc) is 2.16. The lowest BCUT2D eigenvalue weighted by molar-refractivity contribution is 0.0228. The van der Waals surface area contributed by atoms with E-state index < -0.39 is 12.8 Å². The summed E-state index contributed by atoms with van der Waals surface area (Å²) >= 11 is 0. The third-order valence-electron chi connectivity index (χ3n) is 1.88. The fourth-order valence-corrected chi connectivity index (χ4v) is 1.07. The van der Waals surface area contributed by atoms with Gasteiger partial charge in [-0.3, -0.25) is 0 Å². The van der Waals surface area contributed by atoms with Crippen LogP contribution in [-0.2, 0) is 4.74 Å². The van der Waals surface area contributed by atoms with Gasteiger partial charge in [0.05, 0.1) is 6.61 Å². The van der Waals surface area contributed by atoms with Crippen LogP contribution in [0.3, 0.4) is 0 Å². The Hall–Kier alpha value is -0.150. The number of ether oxygens (including phenoxy) is 1. The predicted octanol–water partition coefficient (Wildman–Crippen LogP) is 2.30. The summed E-state index contributed by atoms with van der Waals surface area (Å²) in [5.41, 5.74) is 0. The second kappa shape index (κ2) is 9.93. The van der Waals surface area contributed by atoms with Crippen LogP contribution in [0.4, 0.5) is 4.39 Å². The number of halogens is 1. The molecule has 0 aromatic heterocycles. The molecule has 0 aliphatic rings. The summed E-state index contributed by atoms with van der Waals surface area (Å²) in [7, 11) is 0. The molecule has 0 radical (unpaired) electrons. The van der Waals surface area contributed by atoms with Crippen molar-refractivity contribution in [3.63, 3.8) is 0 Å². The molecule has 0 fully saturated rings. The summed E-state index contributed by atoms with van der Waals surface area (Å²) < 4.78 is 16.8. The Balaban J connectivity index is 2.91. The van der Waals surface area contributed by atoms with Gasteiger partial charge < -0.3 is 9.84 Å². The van der Waals surface area contributed by atoms with Gasteiger partial charge in [0, 0.05) is 6.61 Å². The van der Waals surface area contributed by atoms with Crippen LogP contribution in [-0.4, -0.2) is 31.1 Å². The van der Waals surface area contributed by atoms with Crippen molar-refractivity contribution in [3.05, 3.63) is 0 Å². The highest BCUT2D eigenvalue weighted by Gasteiger charge is 2.01. The fourth-order valence-electron chi connectivity index (χ4n) is 1.07. The molecule has 0 aromatic rings. The van der Waals surface area contributed by atoms with E-state index in [2.05, 4.69) is 6.92 Å². The van der Waals surface area contributed by atoms with Gasteiger partial charge in [-0.1, -0.05) is 32.6 Å². The maximum Gasteiger partial charge on any atom is 0.118 e. The molecule has 0 spiro atoms. The van der Waals surface area contributed by atoms with Gasteiger partial charge in [0.1, 0.15) is 12.8 Å². The molecule has 1 unspecified atom stereocenters. The van der Waals surface area contributed by atoms with Crippen molar-refractivity contribution in [2.24, 2.45) is 0 Å². The molecule has 80 valence electrons. The summed E-state index contributed by atoms with van der Waals surface area (Å²) in [5, 5.41) is 8.80. The number of hydrogen-bond donors (Lipinski definition) is 1. The van der Waals surface area contributed by atoms with Gasteiger partial charge in [-0.15, -0.1) is 0 Å². The van der Waals surface area contributed by atoms with Gasteiger partial charge in [0.25, 0.3) is 0 Å². The van der Waals surface area contributed by atoms with Crippen molar-refractivity contribution in [1.82, 2.24) is 0 Å². The summed E-state index contributed by atoms with van der Waals surface area (Å²) in [4.78, 5) is 0. The van der Waals surface area contributed by atoms with E-state index in [1.54, 1.807) is 0 Å². The summed E-state index contributed by atoms with van der Waals surface area (Å²) in [5.74, 6) is 0. The molecule has 0 amide bonds. The third-order valence-corrected chi connectivity index (χ3v) is 1.88. The molecular weight excluding hydrogens is 171 g/mol. The van der Waals surface area contributed by atoms with E-state index >= 15 is 0 Å². The molecule has 13 heavy (non-hydrogen) atoms. The lowest BCUT2D eigenvalue weighted by atomic mass is 10.2. The van der Waals surface area contributed by atoms with E-state index in [1.807, 2.05) is 0 Å². The molecule has 2 nitrogen and oxygen atoms in total. The molecule has 0 saturated heterocycles. The second-order valence-corrected chi connectivity index (χ2v) is 3.30. The van der Waals surface area contributed by atoms with Crippen LogP contribution in [0.25, 0.3) is 0 Å². The lowest BCUT2D eigenvalue weighted by Crippen LogP contribution is -2.17. The van der Waals surface area contributed by atoms with E-state index in [-0.39, 0.29) is 6.61 Å². The monoisotopic (exact) mass is 192 g/mol. The van der Waals surface area contributed by atoms with E-state index in [1.165, 1.54) is 25.7 Å². The minimum Gasteiger partial charge on any atom is -0.388 e. The van der Waals surface area contributed by atoms with Crippen LogP contribution >= 0.6 is 0 Å². The highest BCUT2D eigenvalue weighted by Crippen LogP contribution is 2.02. The first-order valence-electron chi connectivity index (χ1n) is 5.13. The molecule has 0 bridgehead atoms. The molecule has 3 heteroatoms. The van der Waals surface area contributed by atoms with Crippen molar-refractivity contribution in [2.75, 3.05) is 19.9 Å². The smallest absolute Gasteiger partial charge is 0.118 e. The SMILES string of the molecule is CCCCCCCOCC(O)CF. The number of alkyl halides is 1. The maximum absolute atomic E-state index is 11.7. The number of aliphatic hydroxyl groups is 1. The van der Waals surface area contributed by atoms with Gasteiger partial charge in [0.15, 0.2) is 0 Å². The molecule has 0 aliphatic carbocycles. The predicted molar refractivity (Wildman–Crippen MR) is 51.6 cm³/mol. The topological polar surface area (TPSA) is 29.5 Å². The minimum atomic E-state index is -0.935. The molecule has 0 heterocycles. The Morgan fingerprint density at radius 1 is 1.23 bits per heavy atom. The van der Waals surface area contributed by atoms with Gasteiger partial charge in [-0.05, 0) is 6.42 Å². The highest BCUT2D eigenvalue weighted by atomic mass is 19.1. The van der Waals surface area contributed by atoms with Gasteiger partial charge in [-0.25, -0.2) is 4.39 Å². The van der Waals surface area contributed by atoms with Crippen molar-refractivity contribution in [3.8, 4) is 0 Å². The largest absolute Gasteiger partial charge is 0.388 e. The zero-order valence-electron chi connectivity index (χ0n) is 8.47. The molecule has 1 atom stereocenters. The Bertz CT molecular complexity index is 98.9. The molecular formula is C10H21FO2. The van der Waals surface area contributed by atoms with Crippen LogP contribution in [0.15, 0.2) is 0 Å². The Morgan fingerprint density at radius 3 is 2.54 bits per heavy atom. The first kappa shape index (κ1) is 12.8. The molecule has 0 rings (SSSR count). The van der Waals surface area contributed by atoms with Crippen molar-refractivity contribution >= 4 is 0 Å². The summed E-state index contributed by atoms with van der Waals surface area (Å²) in [6.45, 7) is 2.23. The molecule has 0 aliphatic heterocycles. The van der Waals surface area contributed by atoms with Crippen molar-refractivity contribution in [1.29, 1.82) is 0 Å². The van der Waals surface area contributed by atoms with E-state index in [4.69, 9.17) is 9.84 Å². The van der Waals surface area contributed by atoms with E-state index in [0.717, 1.165) is 6.42 Å². The van der Waals surface area contributed by atoms with Gasteiger partial charge in [0.2, 0.25) is 0 Å².